The third-order valence-corrected chi connectivity index (χ3v) is 4.10. The van der Waals surface area contributed by atoms with E-state index >= 15 is 0 Å². The van der Waals surface area contributed by atoms with Crippen LogP contribution in [0.15, 0.2) is 48.5 Å². The molecule has 0 saturated carbocycles. The zero-order valence-corrected chi connectivity index (χ0v) is 14.3. The Morgan fingerprint density at radius 1 is 0.960 bits per heavy atom. The molecule has 5 nitrogen and oxygen atoms in total. The molecule has 0 bridgehead atoms. The summed E-state index contributed by atoms with van der Waals surface area (Å²) in [6, 6.07) is 16.2. The highest BCUT2D eigenvalue weighted by Crippen LogP contribution is 2.32. The third kappa shape index (κ3) is 5.50. The second-order valence-corrected chi connectivity index (χ2v) is 6.05. The highest BCUT2D eigenvalue weighted by Gasteiger charge is 2.12. The van der Waals surface area contributed by atoms with Gasteiger partial charge in [0.15, 0.2) is 11.5 Å². The molecule has 2 N–H and O–H groups in total. The van der Waals surface area contributed by atoms with Crippen molar-refractivity contribution in [1.82, 2.24) is 10.6 Å². The Balaban J connectivity index is 1.25. The molecule has 132 valence electrons. The van der Waals surface area contributed by atoms with E-state index in [-0.39, 0.29) is 12.7 Å². The lowest BCUT2D eigenvalue weighted by Gasteiger charge is -2.07. The highest BCUT2D eigenvalue weighted by molar-refractivity contribution is 5.76. The van der Waals surface area contributed by atoms with E-state index in [1.807, 2.05) is 36.4 Å². The lowest BCUT2D eigenvalue weighted by molar-refractivity contribution is -0.121. The van der Waals surface area contributed by atoms with Gasteiger partial charge in [-0.05, 0) is 36.1 Å². The number of fused-ring (bicyclic) bond motifs is 1. The summed E-state index contributed by atoms with van der Waals surface area (Å²) in [5.74, 6) is 1.67. The molecule has 0 saturated heterocycles. The van der Waals surface area contributed by atoms with E-state index in [0.717, 1.165) is 36.4 Å². The minimum Gasteiger partial charge on any atom is -0.454 e. The van der Waals surface area contributed by atoms with E-state index in [4.69, 9.17) is 9.47 Å². The van der Waals surface area contributed by atoms with E-state index in [9.17, 15) is 4.79 Å². The minimum absolute atomic E-state index is 0.0891. The van der Waals surface area contributed by atoms with Crippen molar-refractivity contribution in [1.29, 1.82) is 0 Å². The van der Waals surface area contributed by atoms with Crippen LogP contribution < -0.4 is 20.1 Å². The predicted molar refractivity (Wildman–Crippen MR) is 96.7 cm³/mol. The quantitative estimate of drug-likeness (QED) is 0.689. The van der Waals surface area contributed by atoms with Crippen molar-refractivity contribution in [2.24, 2.45) is 0 Å². The van der Waals surface area contributed by atoms with Crippen LogP contribution in [0.25, 0.3) is 0 Å². The molecule has 0 spiro atoms. The monoisotopic (exact) mass is 340 g/mol. The van der Waals surface area contributed by atoms with Crippen LogP contribution in [0.2, 0.25) is 0 Å². The molecule has 0 atom stereocenters. The fraction of sp³-hybridized carbons (Fsp3) is 0.350. The maximum atomic E-state index is 11.8. The van der Waals surface area contributed by atoms with Crippen LogP contribution in [0.4, 0.5) is 0 Å². The van der Waals surface area contributed by atoms with Crippen molar-refractivity contribution in [2.75, 3.05) is 19.9 Å². The van der Waals surface area contributed by atoms with Crippen LogP contribution in [0.3, 0.4) is 0 Å². The molecule has 0 unspecified atom stereocenters. The summed E-state index contributed by atoms with van der Waals surface area (Å²) in [6.45, 7) is 2.36. The van der Waals surface area contributed by atoms with Gasteiger partial charge >= 0.3 is 0 Å². The van der Waals surface area contributed by atoms with Crippen LogP contribution in [0.1, 0.15) is 24.0 Å². The second kappa shape index (κ2) is 9.08. The van der Waals surface area contributed by atoms with Crippen LogP contribution >= 0.6 is 0 Å². The number of hydrogen-bond acceptors (Lipinski definition) is 4. The second-order valence-electron chi connectivity index (χ2n) is 6.05. The summed E-state index contributed by atoms with van der Waals surface area (Å²) in [6.07, 6.45) is 2.43. The van der Waals surface area contributed by atoms with Crippen molar-refractivity contribution in [3.05, 3.63) is 59.7 Å². The van der Waals surface area contributed by atoms with Gasteiger partial charge in [-0.2, -0.15) is 0 Å². The fourth-order valence-corrected chi connectivity index (χ4v) is 2.74. The molecular formula is C20H24N2O3. The molecule has 1 aliphatic rings. The molecule has 2 aromatic rings. The van der Waals surface area contributed by atoms with E-state index < -0.39 is 0 Å². The van der Waals surface area contributed by atoms with Gasteiger partial charge in [0.25, 0.3) is 0 Å². The molecular weight excluding hydrogens is 316 g/mol. The van der Waals surface area contributed by atoms with Gasteiger partial charge in [-0.1, -0.05) is 36.4 Å². The first-order chi connectivity index (χ1) is 12.3. The lowest BCUT2D eigenvalue weighted by atomic mass is 10.1. The van der Waals surface area contributed by atoms with Crippen LogP contribution in [0, 0.1) is 0 Å². The summed E-state index contributed by atoms with van der Waals surface area (Å²) in [5, 5.41) is 6.25. The number of ether oxygens (including phenoxy) is 2. The maximum absolute atomic E-state index is 11.8. The standard InChI is InChI=1S/C20H24N2O3/c23-20(22-11-4-7-16-5-2-1-3-6-16)10-12-21-14-17-8-9-18-19(13-17)25-15-24-18/h1-3,5-6,8-9,13,21H,4,7,10-12,14-15H2,(H,22,23). The smallest absolute Gasteiger partial charge is 0.231 e. The van der Waals surface area contributed by atoms with Gasteiger partial charge in [-0.3, -0.25) is 4.79 Å². The maximum Gasteiger partial charge on any atom is 0.231 e. The molecule has 5 heteroatoms. The van der Waals surface area contributed by atoms with Crippen molar-refractivity contribution in [3.8, 4) is 11.5 Å². The van der Waals surface area contributed by atoms with Crippen molar-refractivity contribution in [3.63, 3.8) is 0 Å². The summed E-state index contributed by atoms with van der Waals surface area (Å²) >= 11 is 0. The van der Waals surface area contributed by atoms with Gasteiger partial charge < -0.3 is 20.1 Å². The van der Waals surface area contributed by atoms with Crippen LogP contribution in [-0.4, -0.2) is 25.8 Å². The van der Waals surface area contributed by atoms with E-state index in [1.165, 1.54) is 5.56 Å². The first-order valence-electron chi connectivity index (χ1n) is 8.71. The molecule has 1 aliphatic heterocycles. The minimum atomic E-state index is 0.0891. The average Bonchev–Trinajstić information content (AvgIpc) is 3.11. The average molecular weight is 340 g/mol. The molecule has 2 aromatic carbocycles. The number of carbonyl (C=O) groups excluding carboxylic acids is 1. The molecule has 0 aliphatic carbocycles. The summed E-state index contributed by atoms with van der Waals surface area (Å²) in [5.41, 5.74) is 2.43. The Hall–Kier alpha value is -2.53. The Labute approximate surface area is 148 Å². The number of rotatable bonds is 9. The van der Waals surface area contributed by atoms with Crippen molar-refractivity contribution in [2.45, 2.75) is 25.8 Å². The molecule has 0 fully saturated rings. The third-order valence-electron chi connectivity index (χ3n) is 4.10. The summed E-state index contributed by atoms with van der Waals surface area (Å²) in [4.78, 5) is 11.8. The number of benzene rings is 2. The molecule has 1 heterocycles. The molecule has 3 rings (SSSR count). The molecule has 25 heavy (non-hydrogen) atoms. The van der Waals surface area contributed by atoms with Gasteiger partial charge in [0.2, 0.25) is 12.7 Å². The Kier molecular flexibility index (Phi) is 6.29. The zero-order valence-electron chi connectivity index (χ0n) is 14.3. The summed E-state index contributed by atoms with van der Waals surface area (Å²) < 4.78 is 10.6. The largest absolute Gasteiger partial charge is 0.454 e. The van der Waals surface area contributed by atoms with Gasteiger partial charge in [0.05, 0.1) is 0 Å². The number of carbonyl (C=O) groups is 1. The van der Waals surface area contributed by atoms with Crippen molar-refractivity contribution >= 4 is 5.91 Å². The van der Waals surface area contributed by atoms with Crippen molar-refractivity contribution < 1.29 is 14.3 Å². The topological polar surface area (TPSA) is 59.6 Å². The van der Waals surface area contributed by atoms with Gasteiger partial charge in [-0.15, -0.1) is 0 Å². The Morgan fingerprint density at radius 2 is 1.80 bits per heavy atom. The predicted octanol–water partition coefficient (Wildman–Crippen LogP) is 2.64. The number of nitrogens with one attached hydrogen (secondary N) is 2. The van der Waals surface area contributed by atoms with E-state index in [1.54, 1.807) is 0 Å². The highest BCUT2D eigenvalue weighted by atomic mass is 16.7. The lowest BCUT2D eigenvalue weighted by Crippen LogP contribution is -2.28. The Morgan fingerprint density at radius 3 is 2.68 bits per heavy atom. The first-order valence-corrected chi connectivity index (χ1v) is 8.71. The molecule has 0 aromatic heterocycles. The normalized spacial score (nSPS) is 12.2. The first kappa shape index (κ1) is 17.3. The number of aryl methyl sites for hydroxylation is 1. The summed E-state index contributed by atoms with van der Waals surface area (Å²) in [7, 11) is 0. The van der Waals surface area contributed by atoms with E-state index in [0.29, 0.717) is 19.5 Å². The van der Waals surface area contributed by atoms with Gasteiger partial charge in [0.1, 0.15) is 0 Å². The fourth-order valence-electron chi connectivity index (χ4n) is 2.74. The van der Waals surface area contributed by atoms with E-state index in [2.05, 4.69) is 22.8 Å². The van der Waals surface area contributed by atoms with Gasteiger partial charge in [0, 0.05) is 26.1 Å². The van der Waals surface area contributed by atoms with Crippen LogP contribution in [0.5, 0.6) is 11.5 Å². The molecule has 1 amide bonds. The van der Waals surface area contributed by atoms with Gasteiger partial charge in [-0.25, -0.2) is 0 Å². The SMILES string of the molecule is O=C(CCNCc1ccc2c(c1)OCO2)NCCCc1ccccc1. The number of hydrogen-bond donors (Lipinski definition) is 2. The Bertz CT molecular complexity index is 689. The zero-order chi connectivity index (χ0) is 17.3. The number of amides is 1. The molecule has 0 radical (unpaired) electrons. The van der Waals surface area contributed by atoms with Crippen LogP contribution in [-0.2, 0) is 17.8 Å².